The third kappa shape index (κ3) is 4.27. The van der Waals surface area contributed by atoms with Gasteiger partial charge in [-0.25, -0.2) is 5.01 Å². The number of carbonyl (C=O) groups is 1. The molecule has 6 heteroatoms. The summed E-state index contributed by atoms with van der Waals surface area (Å²) < 4.78 is 7.32. The Labute approximate surface area is 172 Å². The van der Waals surface area contributed by atoms with Crippen LogP contribution in [0, 0.1) is 19.8 Å². The highest BCUT2D eigenvalue weighted by Crippen LogP contribution is 2.31. The fourth-order valence-corrected chi connectivity index (χ4v) is 4.29. The van der Waals surface area contributed by atoms with Crippen LogP contribution in [-0.2, 0) is 11.3 Å². The van der Waals surface area contributed by atoms with Gasteiger partial charge < -0.3 is 4.74 Å². The number of rotatable bonds is 4. The molecular formula is C23H30N4O2. The number of hydrogen-bond acceptors (Lipinski definition) is 4. The summed E-state index contributed by atoms with van der Waals surface area (Å²) in [4.78, 5) is 13.2. The zero-order valence-corrected chi connectivity index (χ0v) is 17.8. The largest absolute Gasteiger partial charge is 0.381 e. The number of carbonyl (C=O) groups excluding carboxylic acids is 1. The lowest BCUT2D eigenvalue weighted by molar-refractivity contribution is 0.0594. The molecule has 1 amide bonds. The van der Waals surface area contributed by atoms with Crippen LogP contribution >= 0.6 is 0 Å². The van der Waals surface area contributed by atoms with Crippen LogP contribution in [-0.4, -0.2) is 45.2 Å². The van der Waals surface area contributed by atoms with Crippen LogP contribution in [0.25, 0.3) is 0 Å². The molecule has 29 heavy (non-hydrogen) atoms. The summed E-state index contributed by atoms with van der Waals surface area (Å²) in [5.74, 6) is 0.469. The molecule has 0 spiro atoms. The van der Waals surface area contributed by atoms with Crippen molar-refractivity contribution in [3.05, 3.63) is 52.8 Å². The van der Waals surface area contributed by atoms with E-state index in [1.165, 1.54) is 11.1 Å². The molecule has 0 aliphatic carbocycles. The summed E-state index contributed by atoms with van der Waals surface area (Å²) in [7, 11) is 0. The van der Waals surface area contributed by atoms with Crippen LogP contribution in [0.5, 0.6) is 0 Å². The van der Waals surface area contributed by atoms with Crippen LogP contribution in [0.2, 0.25) is 0 Å². The van der Waals surface area contributed by atoms with Gasteiger partial charge in [0.2, 0.25) is 0 Å². The summed E-state index contributed by atoms with van der Waals surface area (Å²) in [5.41, 5.74) is 4.70. The molecule has 0 saturated carbocycles. The smallest absolute Gasteiger partial charge is 0.277 e. The number of amides is 1. The molecule has 2 aromatic rings. The Balaban J connectivity index is 1.53. The van der Waals surface area contributed by atoms with Crippen molar-refractivity contribution in [3.63, 3.8) is 0 Å². The Kier molecular flexibility index (Phi) is 5.30. The van der Waals surface area contributed by atoms with Gasteiger partial charge in [-0.2, -0.15) is 10.2 Å². The number of nitrogens with zero attached hydrogens (tertiary/aromatic N) is 4. The van der Waals surface area contributed by atoms with Gasteiger partial charge in [-0.05, 0) is 52.0 Å². The molecule has 1 saturated heterocycles. The summed E-state index contributed by atoms with van der Waals surface area (Å²) >= 11 is 0. The molecule has 1 aromatic carbocycles. The second kappa shape index (κ2) is 7.75. The van der Waals surface area contributed by atoms with E-state index in [-0.39, 0.29) is 11.4 Å². The number of benzene rings is 1. The lowest BCUT2D eigenvalue weighted by Crippen LogP contribution is -2.40. The van der Waals surface area contributed by atoms with Gasteiger partial charge in [0, 0.05) is 32.4 Å². The number of aromatic nitrogens is 2. The van der Waals surface area contributed by atoms with Crippen molar-refractivity contribution in [2.24, 2.45) is 11.0 Å². The van der Waals surface area contributed by atoms with Gasteiger partial charge in [-0.15, -0.1) is 0 Å². The first-order valence-corrected chi connectivity index (χ1v) is 10.4. The quantitative estimate of drug-likeness (QED) is 0.789. The number of ether oxygens (including phenoxy) is 1. The van der Waals surface area contributed by atoms with Crippen molar-refractivity contribution in [1.29, 1.82) is 0 Å². The molecule has 0 radical (unpaired) electrons. The van der Waals surface area contributed by atoms with E-state index in [4.69, 9.17) is 9.84 Å². The third-order valence-electron chi connectivity index (χ3n) is 5.81. The zero-order valence-electron chi connectivity index (χ0n) is 17.8. The van der Waals surface area contributed by atoms with Gasteiger partial charge in [0.05, 0.1) is 23.0 Å². The lowest BCUT2D eigenvalue weighted by Gasteiger charge is -2.28. The van der Waals surface area contributed by atoms with Crippen molar-refractivity contribution >= 4 is 11.6 Å². The molecule has 6 nitrogen and oxygen atoms in total. The van der Waals surface area contributed by atoms with Crippen molar-refractivity contribution in [2.75, 3.05) is 13.2 Å². The van der Waals surface area contributed by atoms with Crippen LogP contribution in [0.4, 0.5) is 0 Å². The lowest BCUT2D eigenvalue weighted by atomic mass is 9.93. The van der Waals surface area contributed by atoms with E-state index in [9.17, 15) is 4.79 Å². The topological polar surface area (TPSA) is 59.7 Å². The fraction of sp³-hybridized carbons (Fsp3) is 0.522. The highest BCUT2D eigenvalue weighted by Gasteiger charge is 2.39. The first kappa shape index (κ1) is 19.8. The maximum atomic E-state index is 13.2. The minimum absolute atomic E-state index is 0.0902. The zero-order chi connectivity index (χ0) is 20.6. The monoisotopic (exact) mass is 394 g/mol. The van der Waals surface area contributed by atoms with Crippen molar-refractivity contribution in [3.8, 4) is 0 Å². The molecule has 0 N–H and O–H groups in total. The molecule has 1 aromatic heterocycles. The van der Waals surface area contributed by atoms with E-state index in [1.807, 2.05) is 10.9 Å². The van der Waals surface area contributed by atoms with Crippen LogP contribution in [0.3, 0.4) is 0 Å². The Morgan fingerprint density at radius 1 is 1.17 bits per heavy atom. The van der Waals surface area contributed by atoms with Gasteiger partial charge in [-0.3, -0.25) is 9.48 Å². The minimum Gasteiger partial charge on any atom is -0.381 e. The van der Waals surface area contributed by atoms with Crippen molar-refractivity contribution in [2.45, 2.75) is 59.0 Å². The molecule has 1 fully saturated rings. The van der Waals surface area contributed by atoms with Crippen molar-refractivity contribution in [1.82, 2.24) is 14.8 Å². The molecule has 2 aliphatic rings. The van der Waals surface area contributed by atoms with E-state index < -0.39 is 0 Å². The summed E-state index contributed by atoms with van der Waals surface area (Å²) in [6.07, 6.45) is 6.36. The maximum absolute atomic E-state index is 13.2. The maximum Gasteiger partial charge on any atom is 0.277 e. The summed E-state index contributed by atoms with van der Waals surface area (Å²) in [6.45, 7) is 10.8. The molecule has 3 heterocycles. The first-order chi connectivity index (χ1) is 13.8. The normalized spacial score (nSPS) is 19.4. The molecule has 0 bridgehead atoms. The predicted molar refractivity (Wildman–Crippen MR) is 113 cm³/mol. The van der Waals surface area contributed by atoms with E-state index in [2.05, 4.69) is 51.0 Å². The number of hydrogen-bond donors (Lipinski definition) is 0. The molecule has 0 unspecified atom stereocenters. The first-order valence-electron chi connectivity index (χ1n) is 10.4. The SMILES string of the molecule is Cc1cc(C)cc(C2=NN(C(=O)c3cnn(CC4CCOCC4)c3)C(C)(C)C2)c1. The molecule has 2 aliphatic heterocycles. The van der Waals surface area contributed by atoms with Crippen molar-refractivity contribution < 1.29 is 9.53 Å². The Morgan fingerprint density at radius 2 is 1.86 bits per heavy atom. The number of hydrazone groups is 1. The van der Waals surface area contributed by atoms with Gasteiger partial charge in [0.1, 0.15) is 0 Å². The van der Waals surface area contributed by atoms with Gasteiger partial charge in [0.15, 0.2) is 0 Å². The minimum atomic E-state index is -0.368. The Bertz CT molecular complexity index is 918. The van der Waals surface area contributed by atoms with E-state index in [0.717, 1.165) is 50.3 Å². The van der Waals surface area contributed by atoms with Gasteiger partial charge in [-0.1, -0.05) is 29.3 Å². The van der Waals surface area contributed by atoms with Crippen LogP contribution < -0.4 is 0 Å². The highest BCUT2D eigenvalue weighted by atomic mass is 16.5. The average Bonchev–Trinajstić information content (AvgIpc) is 3.25. The van der Waals surface area contributed by atoms with Crippen LogP contribution in [0.1, 0.15) is 60.2 Å². The molecular weight excluding hydrogens is 364 g/mol. The summed E-state index contributed by atoms with van der Waals surface area (Å²) in [6, 6.07) is 6.43. The average molecular weight is 395 g/mol. The standard InChI is InChI=1S/C23H30N4O2/c1-16-9-17(2)11-19(10-16)21-12-23(3,4)27(25-21)22(28)20-13-24-26(15-20)14-18-5-7-29-8-6-18/h9-11,13,15,18H,5-8,12,14H2,1-4H3. The van der Waals surface area contributed by atoms with Gasteiger partial charge >= 0.3 is 0 Å². The number of aryl methyl sites for hydroxylation is 2. The Hall–Kier alpha value is -2.47. The second-order valence-corrected chi connectivity index (χ2v) is 9.04. The predicted octanol–water partition coefficient (Wildman–Crippen LogP) is 3.96. The fourth-order valence-electron chi connectivity index (χ4n) is 4.29. The summed E-state index contributed by atoms with van der Waals surface area (Å²) in [5, 5.41) is 10.8. The third-order valence-corrected chi connectivity index (χ3v) is 5.81. The highest BCUT2D eigenvalue weighted by molar-refractivity contribution is 6.05. The van der Waals surface area contributed by atoms with Crippen LogP contribution in [0.15, 0.2) is 35.7 Å². The molecule has 154 valence electrons. The Morgan fingerprint density at radius 3 is 2.55 bits per heavy atom. The molecule has 0 atom stereocenters. The second-order valence-electron chi connectivity index (χ2n) is 9.04. The van der Waals surface area contributed by atoms with E-state index >= 15 is 0 Å². The molecule has 4 rings (SSSR count). The van der Waals surface area contributed by atoms with E-state index in [0.29, 0.717) is 11.5 Å². The van der Waals surface area contributed by atoms with Gasteiger partial charge in [0.25, 0.3) is 5.91 Å². The van der Waals surface area contributed by atoms with E-state index in [1.54, 1.807) is 11.2 Å².